The molecule has 0 amide bonds. The highest BCUT2D eigenvalue weighted by Gasteiger charge is 2.18. The number of halogens is 1. The van der Waals surface area contributed by atoms with Crippen LogP contribution in [0.15, 0.2) is 33.1 Å². The van der Waals surface area contributed by atoms with Crippen LogP contribution in [0.4, 0.5) is 5.13 Å². The molecular formula is C15H18BrN3OS2. The van der Waals surface area contributed by atoms with E-state index in [-0.39, 0.29) is 11.0 Å². The molecule has 0 saturated heterocycles. The minimum Gasteiger partial charge on any atom is -0.360 e. The van der Waals surface area contributed by atoms with Crippen molar-refractivity contribution in [2.75, 3.05) is 11.9 Å². The van der Waals surface area contributed by atoms with E-state index in [0.717, 1.165) is 20.5 Å². The average molecular weight is 400 g/mol. The molecule has 1 heterocycles. The van der Waals surface area contributed by atoms with Crippen LogP contribution in [-0.2, 0) is 0 Å². The van der Waals surface area contributed by atoms with Gasteiger partial charge in [-0.3, -0.25) is 4.79 Å². The van der Waals surface area contributed by atoms with Crippen LogP contribution in [0.3, 0.4) is 0 Å². The summed E-state index contributed by atoms with van der Waals surface area (Å²) in [5, 5.41) is 12.1. The Morgan fingerprint density at radius 2 is 1.95 bits per heavy atom. The van der Waals surface area contributed by atoms with Gasteiger partial charge in [-0.25, -0.2) is 0 Å². The SMILES string of the molecule is CC(C)CNc1nnc(S[C@@H](C)C(=O)c2ccc(Br)cc2)s1. The predicted octanol–water partition coefficient (Wildman–Crippen LogP) is 4.73. The summed E-state index contributed by atoms with van der Waals surface area (Å²) < 4.78 is 1.78. The van der Waals surface area contributed by atoms with Crippen LogP contribution in [0.25, 0.3) is 0 Å². The smallest absolute Gasteiger partial charge is 0.206 e. The van der Waals surface area contributed by atoms with Gasteiger partial charge in [0.05, 0.1) is 5.25 Å². The second-order valence-electron chi connectivity index (χ2n) is 5.28. The summed E-state index contributed by atoms with van der Waals surface area (Å²) in [6, 6.07) is 7.42. The summed E-state index contributed by atoms with van der Waals surface area (Å²) in [5.41, 5.74) is 0.714. The lowest BCUT2D eigenvalue weighted by Gasteiger charge is -2.08. The molecule has 2 rings (SSSR count). The quantitative estimate of drug-likeness (QED) is 0.538. The Hall–Kier alpha value is -0.920. The molecule has 2 aromatic rings. The number of benzene rings is 1. The molecule has 1 atom stereocenters. The molecule has 0 saturated carbocycles. The van der Waals surface area contributed by atoms with Crippen molar-refractivity contribution in [2.45, 2.75) is 30.4 Å². The minimum absolute atomic E-state index is 0.101. The van der Waals surface area contributed by atoms with E-state index < -0.39 is 0 Å². The Kier molecular flexibility index (Phi) is 6.40. The van der Waals surface area contributed by atoms with Crippen molar-refractivity contribution in [3.63, 3.8) is 0 Å². The zero-order valence-electron chi connectivity index (χ0n) is 12.7. The molecule has 0 aliphatic carbocycles. The number of carbonyl (C=O) groups excluding carboxylic acids is 1. The van der Waals surface area contributed by atoms with Crippen molar-refractivity contribution >= 4 is 49.9 Å². The first kappa shape index (κ1) is 17.4. The minimum atomic E-state index is -0.188. The normalized spacial score (nSPS) is 12.4. The highest BCUT2D eigenvalue weighted by Crippen LogP contribution is 2.30. The van der Waals surface area contributed by atoms with Crippen molar-refractivity contribution in [3.8, 4) is 0 Å². The maximum atomic E-state index is 12.4. The second kappa shape index (κ2) is 8.08. The molecule has 0 aliphatic heterocycles. The molecule has 22 heavy (non-hydrogen) atoms. The molecule has 1 aromatic heterocycles. The lowest BCUT2D eigenvalue weighted by Crippen LogP contribution is -2.13. The number of hydrogen-bond acceptors (Lipinski definition) is 6. The number of ketones is 1. The van der Waals surface area contributed by atoms with Crippen LogP contribution >= 0.6 is 39.0 Å². The van der Waals surface area contributed by atoms with Gasteiger partial charge >= 0.3 is 0 Å². The molecule has 0 bridgehead atoms. The fraction of sp³-hybridized carbons (Fsp3) is 0.400. The molecule has 0 aliphatic rings. The Balaban J connectivity index is 1.95. The standard InChI is InChI=1S/C15H18BrN3OS2/c1-9(2)8-17-14-18-19-15(22-14)21-10(3)13(20)11-4-6-12(16)7-5-11/h4-7,9-10H,8H2,1-3H3,(H,17,18)/t10-/m0/s1. The Bertz CT molecular complexity index is 628. The number of aromatic nitrogens is 2. The number of anilines is 1. The van der Waals surface area contributed by atoms with Gasteiger partial charge in [0.2, 0.25) is 5.13 Å². The molecule has 1 N–H and O–H groups in total. The van der Waals surface area contributed by atoms with Gasteiger partial charge in [-0.1, -0.05) is 65.0 Å². The number of Topliss-reactive ketones (excluding diaryl/α,β-unsaturated/α-hetero) is 1. The summed E-state index contributed by atoms with van der Waals surface area (Å²) in [7, 11) is 0. The Morgan fingerprint density at radius 1 is 1.27 bits per heavy atom. The number of nitrogens with zero attached hydrogens (tertiary/aromatic N) is 2. The van der Waals surface area contributed by atoms with Gasteiger partial charge < -0.3 is 5.32 Å². The summed E-state index contributed by atoms with van der Waals surface area (Å²) in [6.07, 6.45) is 0. The van der Waals surface area contributed by atoms with Crippen LogP contribution in [-0.4, -0.2) is 27.8 Å². The molecule has 1 aromatic carbocycles. The fourth-order valence-electron chi connectivity index (χ4n) is 1.67. The maximum Gasteiger partial charge on any atom is 0.206 e. The molecule has 0 unspecified atom stereocenters. The first-order valence-corrected chi connectivity index (χ1v) is 9.48. The number of rotatable bonds is 7. The third kappa shape index (κ3) is 5.07. The predicted molar refractivity (Wildman–Crippen MR) is 97.0 cm³/mol. The van der Waals surface area contributed by atoms with Gasteiger partial charge in [-0.05, 0) is 25.0 Å². The van der Waals surface area contributed by atoms with E-state index >= 15 is 0 Å². The number of nitrogens with one attached hydrogen (secondary N) is 1. The molecule has 0 fully saturated rings. The van der Waals surface area contributed by atoms with Gasteiger partial charge in [-0.2, -0.15) is 0 Å². The van der Waals surface area contributed by atoms with Crippen molar-refractivity contribution in [2.24, 2.45) is 5.92 Å². The highest BCUT2D eigenvalue weighted by atomic mass is 79.9. The van der Waals surface area contributed by atoms with Crippen molar-refractivity contribution in [1.82, 2.24) is 10.2 Å². The third-order valence-corrected chi connectivity index (χ3v) is 5.44. The van der Waals surface area contributed by atoms with E-state index in [1.165, 1.54) is 23.1 Å². The summed E-state index contributed by atoms with van der Waals surface area (Å²) in [5.74, 6) is 0.655. The van der Waals surface area contributed by atoms with Crippen LogP contribution < -0.4 is 5.32 Å². The number of hydrogen-bond donors (Lipinski definition) is 1. The molecule has 4 nitrogen and oxygen atoms in total. The maximum absolute atomic E-state index is 12.4. The Labute approximate surface area is 147 Å². The van der Waals surface area contributed by atoms with Gasteiger partial charge in [-0.15, -0.1) is 10.2 Å². The van der Waals surface area contributed by atoms with Gasteiger partial charge in [0.25, 0.3) is 0 Å². The van der Waals surface area contributed by atoms with Gasteiger partial charge in [0, 0.05) is 16.6 Å². The highest BCUT2D eigenvalue weighted by molar-refractivity contribution is 9.10. The summed E-state index contributed by atoms with van der Waals surface area (Å²) in [4.78, 5) is 12.4. The topological polar surface area (TPSA) is 54.9 Å². The van der Waals surface area contributed by atoms with Crippen LogP contribution in [0, 0.1) is 5.92 Å². The lowest BCUT2D eigenvalue weighted by atomic mass is 10.1. The van der Waals surface area contributed by atoms with Crippen molar-refractivity contribution < 1.29 is 4.79 Å². The van der Waals surface area contributed by atoms with Gasteiger partial charge in [0.1, 0.15) is 0 Å². The van der Waals surface area contributed by atoms with E-state index in [2.05, 4.69) is 45.3 Å². The Morgan fingerprint density at radius 3 is 2.59 bits per heavy atom. The van der Waals surface area contributed by atoms with Crippen LogP contribution in [0.5, 0.6) is 0 Å². The summed E-state index contributed by atoms with van der Waals surface area (Å²) >= 11 is 6.31. The molecule has 0 radical (unpaired) electrons. The molecule has 0 spiro atoms. The van der Waals surface area contributed by atoms with Gasteiger partial charge in [0.15, 0.2) is 10.1 Å². The number of thioether (sulfide) groups is 1. The molecular weight excluding hydrogens is 382 g/mol. The first-order valence-electron chi connectivity index (χ1n) is 6.99. The van der Waals surface area contributed by atoms with Crippen LogP contribution in [0.1, 0.15) is 31.1 Å². The second-order valence-corrected chi connectivity index (χ2v) is 8.76. The lowest BCUT2D eigenvalue weighted by molar-refractivity contribution is 0.0994. The van der Waals surface area contributed by atoms with E-state index in [9.17, 15) is 4.79 Å². The van der Waals surface area contributed by atoms with Crippen molar-refractivity contribution in [3.05, 3.63) is 34.3 Å². The van der Waals surface area contributed by atoms with E-state index in [0.29, 0.717) is 11.5 Å². The molecule has 118 valence electrons. The van der Waals surface area contributed by atoms with E-state index in [1.807, 2.05) is 31.2 Å². The number of carbonyl (C=O) groups is 1. The summed E-state index contributed by atoms with van der Waals surface area (Å²) in [6.45, 7) is 7.05. The van der Waals surface area contributed by atoms with E-state index in [1.54, 1.807) is 0 Å². The largest absolute Gasteiger partial charge is 0.360 e. The monoisotopic (exact) mass is 399 g/mol. The van der Waals surface area contributed by atoms with Crippen molar-refractivity contribution in [1.29, 1.82) is 0 Å². The zero-order chi connectivity index (χ0) is 16.1. The first-order chi connectivity index (χ1) is 10.5. The molecule has 7 heteroatoms. The average Bonchev–Trinajstić information content (AvgIpc) is 2.92. The third-order valence-electron chi connectivity index (χ3n) is 2.84. The zero-order valence-corrected chi connectivity index (χ0v) is 15.9. The van der Waals surface area contributed by atoms with E-state index in [4.69, 9.17) is 0 Å². The van der Waals surface area contributed by atoms with Crippen LogP contribution in [0.2, 0.25) is 0 Å². The fourth-order valence-corrected chi connectivity index (χ4v) is 3.92.